The standard InChI is InChI=1S/C25H26Cl2N4O5S/c1-15-18(26)5-4-6-22(15)37(33,34)30-20-12-17-13-23(32)28-24(17)29-25(20)36-14-16-7-8-19(27)21(11-16)35-10-9-31(2)3/h4-8,11-12,30H,9-10,13-14H2,1-3H3,(H,28,29,32). The summed E-state index contributed by atoms with van der Waals surface area (Å²) in [6.45, 7) is 2.85. The highest BCUT2D eigenvalue weighted by Gasteiger charge is 2.26. The highest BCUT2D eigenvalue weighted by Crippen LogP contribution is 2.34. The van der Waals surface area contributed by atoms with Gasteiger partial charge in [-0.05, 0) is 62.5 Å². The second-order valence-corrected chi connectivity index (χ2v) is 11.2. The van der Waals surface area contributed by atoms with E-state index in [1.165, 1.54) is 6.07 Å². The fourth-order valence-corrected chi connectivity index (χ4v) is 5.35. The Kier molecular flexibility index (Phi) is 8.13. The van der Waals surface area contributed by atoms with E-state index in [1.807, 2.05) is 19.0 Å². The molecule has 0 unspecified atom stereocenters. The zero-order valence-corrected chi connectivity index (χ0v) is 22.8. The predicted molar refractivity (Wildman–Crippen MR) is 143 cm³/mol. The lowest BCUT2D eigenvalue weighted by Crippen LogP contribution is -2.19. The number of hydrogen-bond acceptors (Lipinski definition) is 7. The normalized spacial score (nSPS) is 12.9. The number of carbonyl (C=O) groups excluding carboxylic acids is 1. The van der Waals surface area contributed by atoms with Gasteiger partial charge in [0, 0.05) is 17.1 Å². The molecule has 2 N–H and O–H groups in total. The molecule has 12 heteroatoms. The van der Waals surface area contributed by atoms with Gasteiger partial charge >= 0.3 is 0 Å². The molecule has 1 amide bonds. The number of amides is 1. The molecular weight excluding hydrogens is 539 g/mol. The lowest BCUT2D eigenvalue weighted by molar-refractivity contribution is -0.115. The van der Waals surface area contributed by atoms with Crippen molar-refractivity contribution in [3.05, 3.63) is 69.2 Å². The number of aromatic nitrogens is 1. The summed E-state index contributed by atoms with van der Waals surface area (Å²) in [5.74, 6) is 0.604. The molecule has 0 atom stereocenters. The fourth-order valence-electron chi connectivity index (χ4n) is 3.63. The molecule has 3 aromatic rings. The number of halogens is 2. The molecule has 0 radical (unpaired) electrons. The summed E-state index contributed by atoms with van der Waals surface area (Å²) in [6, 6.07) is 11.4. The Morgan fingerprint density at radius 1 is 1.11 bits per heavy atom. The van der Waals surface area contributed by atoms with Gasteiger partial charge in [0.1, 0.15) is 30.5 Å². The number of carbonyl (C=O) groups is 1. The van der Waals surface area contributed by atoms with Crippen molar-refractivity contribution in [1.29, 1.82) is 0 Å². The van der Waals surface area contributed by atoms with Crippen LogP contribution < -0.4 is 19.5 Å². The summed E-state index contributed by atoms with van der Waals surface area (Å²) in [4.78, 5) is 18.3. The lowest BCUT2D eigenvalue weighted by atomic mass is 10.2. The number of anilines is 2. The van der Waals surface area contributed by atoms with Crippen LogP contribution in [0.25, 0.3) is 0 Å². The molecule has 0 fully saturated rings. The molecule has 1 aliphatic rings. The highest BCUT2D eigenvalue weighted by molar-refractivity contribution is 7.92. The number of benzene rings is 2. The van der Waals surface area contributed by atoms with E-state index in [4.69, 9.17) is 32.7 Å². The van der Waals surface area contributed by atoms with Crippen LogP contribution in [-0.4, -0.2) is 51.5 Å². The van der Waals surface area contributed by atoms with Crippen LogP contribution in [0.4, 0.5) is 11.5 Å². The molecule has 4 rings (SSSR count). The van der Waals surface area contributed by atoms with Gasteiger partial charge in [-0.2, -0.15) is 4.98 Å². The van der Waals surface area contributed by atoms with Crippen molar-refractivity contribution in [3.8, 4) is 11.6 Å². The molecular formula is C25H26Cl2N4O5S. The van der Waals surface area contributed by atoms with Crippen LogP contribution in [0.1, 0.15) is 16.7 Å². The minimum absolute atomic E-state index is 0.00855. The van der Waals surface area contributed by atoms with E-state index >= 15 is 0 Å². The Labute approximate surface area is 225 Å². The monoisotopic (exact) mass is 564 g/mol. The van der Waals surface area contributed by atoms with Gasteiger partial charge < -0.3 is 19.7 Å². The van der Waals surface area contributed by atoms with Crippen molar-refractivity contribution < 1.29 is 22.7 Å². The number of likely N-dealkylation sites (N-methyl/N-ethyl adjacent to an activating group) is 1. The third-order valence-corrected chi connectivity index (χ3v) is 7.83. The molecule has 196 valence electrons. The Morgan fingerprint density at radius 3 is 2.65 bits per heavy atom. The number of rotatable bonds is 10. The maximum Gasteiger partial charge on any atom is 0.262 e. The minimum atomic E-state index is -4.03. The summed E-state index contributed by atoms with van der Waals surface area (Å²) in [6.07, 6.45) is 0.0817. The van der Waals surface area contributed by atoms with E-state index in [0.29, 0.717) is 39.3 Å². The van der Waals surface area contributed by atoms with Gasteiger partial charge in [-0.25, -0.2) is 8.42 Å². The zero-order valence-electron chi connectivity index (χ0n) is 20.5. The third-order valence-electron chi connectivity index (χ3n) is 5.59. The summed E-state index contributed by atoms with van der Waals surface area (Å²) in [5, 5.41) is 3.45. The molecule has 1 aliphatic heterocycles. The maximum atomic E-state index is 13.2. The van der Waals surface area contributed by atoms with Crippen LogP contribution >= 0.6 is 23.2 Å². The topological polar surface area (TPSA) is 110 Å². The molecule has 37 heavy (non-hydrogen) atoms. The van der Waals surface area contributed by atoms with Gasteiger partial charge in [0.05, 0.1) is 16.3 Å². The summed E-state index contributed by atoms with van der Waals surface area (Å²) in [5.41, 5.74) is 1.80. The molecule has 1 aromatic heterocycles. The van der Waals surface area contributed by atoms with Crippen LogP contribution in [0.15, 0.2) is 47.4 Å². The Bertz CT molecular complexity index is 1450. The molecule has 2 heterocycles. The van der Waals surface area contributed by atoms with E-state index < -0.39 is 10.0 Å². The molecule has 0 bridgehead atoms. The molecule has 0 aliphatic carbocycles. The number of nitrogens with zero attached hydrogens (tertiary/aromatic N) is 2. The average molecular weight is 565 g/mol. The van der Waals surface area contributed by atoms with Gasteiger partial charge in [0.2, 0.25) is 11.8 Å². The van der Waals surface area contributed by atoms with E-state index in [1.54, 1.807) is 43.3 Å². The lowest BCUT2D eigenvalue weighted by Gasteiger charge is -2.16. The molecule has 0 saturated carbocycles. The average Bonchev–Trinajstić information content (AvgIpc) is 3.19. The van der Waals surface area contributed by atoms with Crippen LogP contribution in [0, 0.1) is 6.92 Å². The Morgan fingerprint density at radius 2 is 1.89 bits per heavy atom. The molecule has 0 saturated heterocycles. The minimum Gasteiger partial charge on any atom is -0.491 e. The molecule has 0 spiro atoms. The number of hydrogen-bond donors (Lipinski definition) is 2. The van der Waals surface area contributed by atoms with E-state index in [-0.39, 0.29) is 35.4 Å². The Hall–Kier alpha value is -3.05. The maximum absolute atomic E-state index is 13.2. The van der Waals surface area contributed by atoms with E-state index in [0.717, 1.165) is 12.1 Å². The van der Waals surface area contributed by atoms with Crippen LogP contribution in [0.3, 0.4) is 0 Å². The quantitative estimate of drug-likeness (QED) is 0.372. The van der Waals surface area contributed by atoms with Crippen molar-refractivity contribution in [2.24, 2.45) is 0 Å². The second-order valence-electron chi connectivity index (χ2n) is 8.75. The number of sulfonamides is 1. The number of nitrogens with one attached hydrogen (secondary N) is 2. The number of pyridine rings is 1. The summed E-state index contributed by atoms with van der Waals surface area (Å²) < 4.78 is 40.7. The third kappa shape index (κ3) is 6.45. The van der Waals surface area contributed by atoms with Gasteiger partial charge in [-0.15, -0.1) is 0 Å². The van der Waals surface area contributed by atoms with Crippen molar-refractivity contribution in [3.63, 3.8) is 0 Å². The summed E-state index contributed by atoms with van der Waals surface area (Å²) in [7, 11) is -0.143. The molecule has 9 nitrogen and oxygen atoms in total. The highest BCUT2D eigenvalue weighted by atomic mass is 35.5. The predicted octanol–water partition coefficient (Wildman–Crippen LogP) is 4.51. The van der Waals surface area contributed by atoms with E-state index in [2.05, 4.69) is 15.0 Å². The fraction of sp³-hybridized carbons (Fsp3) is 0.280. The largest absolute Gasteiger partial charge is 0.491 e. The number of ether oxygens (including phenoxy) is 2. The van der Waals surface area contributed by atoms with Gasteiger partial charge in [-0.1, -0.05) is 35.3 Å². The van der Waals surface area contributed by atoms with Gasteiger partial charge in [0.15, 0.2) is 0 Å². The van der Waals surface area contributed by atoms with Gasteiger partial charge in [0.25, 0.3) is 10.0 Å². The first kappa shape index (κ1) is 27.0. The Balaban J connectivity index is 1.60. The van der Waals surface area contributed by atoms with Crippen molar-refractivity contribution >= 4 is 50.6 Å². The van der Waals surface area contributed by atoms with Crippen LogP contribution in [-0.2, 0) is 27.8 Å². The second kappa shape index (κ2) is 11.1. The SMILES string of the molecule is Cc1c(Cl)cccc1S(=O)(=O)Nc1cc2c(nc1OCc1ccc(Cl)c(OCCN(C)C)c1)NC(=O)C2. The number of fused-ring (bicyclic) bond motifs is 1. The summed E-state index contributed by atoms with van der Waals surface area (Å²) >= 11 is 12.4. The smallest absolute Gasteiger partial charge is 0.262 e. The van der Waals surface area contributed by atoms with Crippen molar-refractivity contribution in [2.75, 3.05) is 37.3 Å². The zero-order chi connectivity index (χ0) is 26.7. The van der Waals surface area contributed by atoms with Crippen molar-refractivity contribution in [2.45, 2.75) is 24.8 Å². The van der Waals surface area contributed by atoms with Crippen LogP contribution in [0.2, 0.25) is 10.0 Å². The first-order valence-electron chi connectivity index (χ1n) is 11.3. The first-order valence-corrected chi connectivity index (χ1v) is 13.6. The molecule has 2 aromatic carbocycles. The van der Waals surface area contributed by atoms with Gasteiger partial charge in [-0.3, -0.25) is 9.52 Å². The van der Waals surface area contributed by atoms with E-state index in [9.17, 15) is 13.2 Å². The van der Waals surface area contributed by atoms with Crippen molar-refractivity contribution in [1.82, 2.24) is 9.88 Å². The first-order chi connectivity index (χ1) is 17.5. The van der Waals surface area contributed by atoms with Crippen LogP contribution in [0.5, 0.6) is 11.6 Å².